The second-order valence-corrected chi connectivity index (χ2v) is 28.5. The molecule has 5 atom stereocenters. The van der Waals surface area contributed by atoms with Crippen LogP contribution in [0.25, 0.3) is 0 Å². The van der Waals surface area contributed by atoms with Gasteiger partial charge >= 0.3 is 39.5 Å². The van der Waals surface area contributed by atoms with Crippen LogP contribution in [-0.4, -0.2) is 96.7 Å². The summed E-state index contributed by atoms with van der Waals surface area (Å²) in [5.41, 5.74) is 0. The molecule has 17 nitrogen and oxygen atoms in total. The Labute approximate surface area is 524 Å². The molecule has 0 aliphatic heterocycles. The average molecular weight is 1270 g/mol. The number of ether oxygens (including phenoxy) is 4. The molecule has 19 heteroatoms. The molecule has 0 amide bonds. The van der Waals surface area contributed by atoms with E-state index in [0.717, 1.165) is 103 Å². The van der Waals surface area contributed by atoms with Crippen molar-refractivity contribution in [2.75, 3.05) is 39.6 Å². The van der Waals surface area contributed by atoms with Crippen molar-refractivity contribution in [1.82, 2.24) is 0 Å². The number of rotatable bonds is 65. The monoisotopic (exact) mass is 1270 g/mol. The second kappa shape index (κ2) is 58.2. The molecular formula is C67H130O17P2. The van der Waals surface area contributed by atoms with Gasteiger partial charge in [0.2, 0.25) is 0 Å². The standard InChI is InChI=1S/C67H130O17P2/c1-8-9-10-11-12-13-14-15-16-17-18-19-20-21-22-25-36-43-50-66(71)83-62(54-77-64(69)48-41-34-26-23-24-31-38-45-58(2)3)56-81-85(73,74)79-52-61(68)53-80-86(75,76)82-57-63(84-67(72)51-44-37-30-28-33-40-47-60(6)7)55-78-65(70)49-42-35-29-27-32-39-46-59(4)5/h58-63,68H,8-57H2,1-7H3,(H,73,74)(H,75,76)/t61-,62-,63-/m1/s1. The number of aliphatic hydroxyl groups is 1. The van der Waals surface area contributed by atoms with E-state index in [9.17, 15) is 43.2 Å². The number of aliphatic hydroxyl groups excluding tert-OH is 1. The Morgan fingerprint density at radius 2 is 0.535 bits per heavy atom. The third-order valence-electron chi connectivity index (χ3n) is 15.4. The van der Waals surface area contributed by atoms with Gasteiger partial charge in [0, 0.05) is 25.7 Å². The summed E-state index contributed by atoms with van der Waals surface area (Å²) in [6, 6.07) is 0. The van der Waals surface area contributed by atoms with Crippen molar-refractivity contribution < 1.29 is 80.2 Å². The van der Waals surface area contributed by atoms with Crippen LogP contribution in [0, 0.1) is 17.8 Å². The Balaban J connectivity index is 5.18. The molecule has 0 fully saturated rings. The highest BCUT2D eigenvalue weighted by Crippen LogP contribution is 2.45. The third-order valence-corrected chi connectivity index (χ3v) is 17.3. The quantitative estimate of drug-likeness (QED) is 0.0222. The number of hydrogen-bond donors (Lipinski definition) is 3. The maximum absolute atomic E-state index is 13.0. The highest BCUT2D eigenvalue weighted by Gasteiger charge is 2.30. The molecule has 0 aliphatic rings. The highest BCUT2D eigenvalue weighted by molar-refractivity contribution is 7.47. The van der Waals surface area contributed by atoms with Gasteiger partial charge in [-0.1, -0.05) is 280 Å². The number of phosphoric ester groups is 2. The summed E-state index contributed by atoms with van der Waals surface area (Å²) in [7, 11) is -9.89. The van der Waals surface area contributed by atoms with Gasteiger partial charge in [-0.25, -0.2) is 9.13 Å². The number of carbonyl (C=O) groups excluding carboxylic acids is 4. The molecule has 3 N–H and O–H groups in total. The first-order chi connectivity index (χ1) is 41.2. The van der Waals surface area contributed by atoms with Gasteiger partial charge in [0.1, 0.15) is 19.3 Å². The van der Waals surface area contributed by atoms with Gasteiger partial charge < -0.3 is 33.8 Å². The summed E-state index contributed by atoms with van der Waals surface area (Å²) < 4.78 is 68.0. The maximum Gasteiger partial charge on any atom is 0.472 e. The van der Waals surface area contributed by atoms with Crippen LogP contribution in [0.15, 0.2) is 0 Å². The molecule has 0 aromatic carbocycles. The summed E-state index contributed by atoms with van der Waals surface area (Å²) in [6.45, 7) is 11.6. The summed E-state index contributed by atoms with van der Waals surface area (Å²) in [4.78, 5) is 72.2. The zero-order chi connectivity index (χ0) is 63.8. The van der Waals surface area contributed by atoms with E-state index in [1.165, 1.54) is 128 Å². The van der Waals surface area contributed by atoms with Crippen LogP contribution in [0.5, 0.6) is 0 Å². The minimum atomic E-state index is -4.95. The van der Waals surface area contributed by atoms with Crippen LogP contribution >= 0.6 is 15.6 Å². The van der Waals surface area contributed by atoms with Gasteiger partial charge in [-0.2, -0.15) is 0 Å². The Bertz CT molecular complexity index is 1700. The van der Waals surface area contributed by atoms with E-state index in [4.69, 9.17) is 37.0 Å². The minimum Gasteiger partial charge on any atom is -0.462 e. The molecule has 0 aliphatic carbocycles. The number of hydrogen-bond acceptors (Lipinski definition) is 15. The highest BCUT2D eigenvalue weighted by atomic mass is 31.2. The smallest absolute Gasteiger partial charge is 0.462 e. The second-order valence-electron chi connectivity index (χ2n) is 25.6. The summed E-state index contributed by atoms with van der Waals surface area (Å²) in [5, 5.41) is 10.5. The zero-order valence-electron chi connectivity index (χ0n) is 55.8. The molecule has 0 rings (SSSR count). The van der Waals surface area contributed by atoms with E-state index in [1.54, 1.807) is 0 Å². The molecule has 0 radical (unpaired) electrons. The molecule has 86 heavy (non-hydrogen) atoms. The predicted molar refractivity (Wildman–Crippen MR) is 344 cm³/mol. The van der Waals surface area contributed by atoms with Crippen LogP contribution in [-0.2, 0) is 65.4 Å². The topological polar surface area (TPSA) is 237 Å². The fraction of sp³-hybridized carbons (Fsp3) is 0.940. The molecular weight excluding hydrogens is 1140 g/mol. The van der Waals surface area contributed by atoms with Gasteiger partial charge in [-0.3, -0.25) is 37.3 Å². The summed E-state index contributed by atoms with van der Waals surface area (Å²) in [5.74, 6) is -0.0849. The molecule has 0 aromatic rings. The van der Waals surface area contributed by atoms with Crippen molar-refractivity contribution in [1.29, 1.82) is 0 Å². The first-order valence-electron chi connectivity index (χ1n) is 34.8. The van der Waals surface area contributed by atoms with Gasteiger partial charge in [-0.15, -0.1) is 0 Å². The molecule has 0 bridgehead atoms. The number of unbranched alkanes of at least 4 members (excludes halogenated alkanes) is 33. The number of phosphoric acid groups is 2. The molecule has 510 valence electrons. The SMILES string of the molecule is CCCCCCCCCCCCCCCCCCCCC(=O)O[C@H](COC(=O)CCCCCCCCCC(C)C)COP(=O)(O)OC[C@@H](O)COP(=O)(O)OC[C@@H](COC(=O)CCCCCCCCC(C)C)OC(=O)CCCCCCCCC(C)C. The first kappa shape index (κ1) is 84.1. The lowest BCUT2D eigenvalue weighted by Gasteiger charge is -2.21. The normalized spacial score (nSPS) is 14.3. The van der Waals surface area contributed by atoms with E-state index >= 15 is 0 Å². The minimum absolute atomic E-state index is 0.101. The van der Waals surface area contributed by atoms with Crippen molar-refractivity contribution >= 4 is 39.5 Å². The van der Waals surface area contributed by atoms with Crippen LogP contribution < -0.4 is 0 Å². The van der Waals surface area contributed by atoms with Gasteiger partial charge in [0.15, 0.2) is 12.2 Å². The van der Waals surface area contributed by atoms with Crippen LogP contribution in [0.3, 0.4) is 0 Å². The van der Waals surface area contributed by atoms with E-state index in [-0.39, 0.29) is 25.7 Å². The largest absolute Gasteiger partial charge is 0.472 e. The fourth-order valence-corrected chi connectivity index (χ4v) is 11.6. The molecule has 0 spiro atoms. The average Bonchev–Trinajstić information content (AvgIpc) is 3.62. The molecule has 0 saturated heterocycles. The fourth-order valence-electron chi connectivity index (χ4n) is 10.0. The van der Waals surface area contributed by atoms with Crippen molar-refractivity contribution in [2.45, 2.75) is 349 Å². The van der Waals surface area contributed by atoms with Crippen LogP contribution in [0.4, 0.5) is 0 Å². The van der Waals surface area contributed by atoms with Crippen molar-refractivity contribution in [3.8, 4) is 0 Å². The molecule has 0 aromatic heterocycles. The predicted octanol–water partition coefficient (Wildman–Crippen LogP) is 18.7. The van der Waals surface area contributed by atoms with E-state index in [0.29, 0.717) is 43.4 Å². The van der Waals surface area contributed by atoms with Crippen LogP contribution in [0.2, 0.25) is 0 Å². The van der Waals surface area contributed by atoms with E-state index in [2.05, 4.69) is 48.5 Å². The molecule has 2 unspecified atom stereocenters. The Hall–Kier alpha value is -1.94. The Kier molecular flexibility index (Phi) is 56.9. The lowest BCUT2D eigenvalue weighted by Crippen LogP contribution is -2.30. The zero-order valence-corrected chi connectivity index (χ0v) is 57.6. The summed E-state index contributed by atoms with van der Waals surface area (Å²) in [6.07, 6.45) is 40.8. The van der Waals surface area contributed by atoms with Gasteiger partial charge in [0.25, 0.3) is 0 Å². The van der Waals surface area contributed by atoms with E-state index in [1.807, 2.05) is 0 Å². The maximum atomic E-state index is 13.0. The van der Waals surface area contributed by atoms with Crippen molar-refractivity contribution in [3.05, 3.63) is 0 Å². The summed E-state index contributed by atoms with van der Waals surface area (Å²) >= 11 is 0. The number of carbonyl (C=O) groups is 4. The Morgan fingerprint density at radius 3 is 0.791 bits per heavy atom. The Morgan fingerprint density at radius 1 is 0.314 bits per heavy atom. The molecule has 0 saturated carbocycles. The molecule has 0 heterocycles. The lowest BCUT2D eigenvalue weighted by atomic mass is 10.0. The van der Waals surface area contributed by atoms with E-state index < -0.39 is 97.5 Å². The number of esters is 4. The lowest BCUT2D eigenvalue weighted by molar-refractivity contribution is -0.161. The third kappa shape index (κ3) is 60.9. The first-order valence-corrected chi connectivity index (χ1v) is 37.8. The van der Waals surface area contributed by atoms with Crippen LogP contribution in [0.1, 0.15) is 331 Å². The van der Waals surface area contributed by atoms with Crippen molar-refractivity contribution in [3.63, 3.8) is 0 Å². The van der Waals surface area contributed by atoms with Crippen molar-refractivity contribution in [2.24, 2.45) is 17.8 Å². The van der Waals surface area contributed by atoms with Gasteiger partial charge in [0.05, 0.1) is 26.4 Å². The van der Waals surface area contributed by atoms with Gasteiger partial charge in [-0.05, 0) is 43.4 Å².